The van der Waals surface area contributed by atoms with Crippen molar-refractivity contribution in [3.8, 4) is 5.69 Å². The van der Waals surface area contributed by atoms with E-state index in [-0.39, 0.29) is 5.56 Å². The first-order valence-corrected chi connectivity index (χ1v) is 6.49. The molecule has 0 unspecified atom stereocenters. The maximum absolute atomic E-state index is 12.7. The average Bonchev–Trinajstić information content (AvgIpc) is 2.42. The molecule has 0 bridgehead atoms. The van der Waals surface area contributed by atoms with Crippen LogP contribution in [-0.2, 0) is 0 Å². The third-order valence-corrected chi connectivity index (χ3v) is 3.47. The van der Waals surface area contributed by atoms with E-state index in [2.05, 4.69) is 4.98 Å². The number of nitrogen functional groups attached to an aromatic ring is 1. The number of fused-ring (bicyclic) bond motifs is 1. The second-order valence-electron chi connectivity index (χ2n) is 4.53. The number of nitrogens with two attached hydrogens (primary N) is 1. The zero-order valence-corrected chi connectivity index (χ0v) is 11.6. The molecule has 3 rings (SSSR count). The molecule has 2 N–H and O–H groups in total. The third-order valence-electron chi connectivity index (χ3n) is 3.15. The normalized spacial score (nSPS) is 10.9. The summed E-state index contributed by atoms with van der Waals surface area (Å²) in [5, 5.41) is 0.985. The number of benzene rings is 2. The Kier molecular flexibility index (Phi) is 2.95. The number of hydrogen-bond donors (Lipinski definition) is 1. The van der Waals surface area contributed by atoms with Crippen LogP contribution in [0.15, 0.2) is 47.3 Å². The van der Waals surface area contributed by atoms with Crippen LogP contribution in [0.3, 0.4) is 0 Å². The van der Waals surface area contributed by atoms with E-state index in [4.69, 9.17) is 17.3 Å². The molecule has 0 saturated carbocycles. The van der Waals surface area contributed by atoms with E-state index < -0.39 is 0 Å². The van der Waals surface area contributed by atoms with Gasteiger partial charge in [0.25, 0.3) is 5.56 Å². The summed E-state index contributed by atoms with van der Waals surface area (Å²) >= 11 is 6.17. The highest BCUT2D eigenvalue weighted by molar-refractivity contribution is 6.32. The average molecular weight is 286 g/mol. The van der Waals surface area contributed by atoms with Gasteiger partial charge >= 0.3 is 0 Å². The highest BCUT2D eigenvalue weighted by Gasteiger charge is 2.12. The lowest BCUT2D eigenvalue weighted by molar-refractivity contribution is 0.895. The van der Waals surface area contributed by atoms with Crippen LogP contribution in [0.25, 0.3) is 16.6 Å². The maximum Gasteiger partial charge on any atom is 0.266 e. The minimum atomic E-state index is -0.173. The smallest absolute Gasteiger partial charge is 0.266 e. The summed E-state index contributed by atoms with van der Waals surface area (Å²) in [6, 6.07) is 12.3. The summed E-state index contributed by atoms with van der Waals surface area (Å²) in [4.78, 5) is 17.1. The van der Waals surface area contributed by atoms with Crippen LogP contribution in [0.1, 0.15) is 5.82 Å². The van der Waals surface area contributed by atoms with Gasteiger partial charge in [0.1, 0.15) is 5.82 Å². The lowest BCUT2D eigenvalue weighted by Crippen LogP contribution is -2.22. The van der Waals surface area contributed by atoms with E-state index in [9.17, 15) is 4.79 Å². The predicted octanol–water partition coefficient (Wildman–Crippen LogP) is 2.93. The number of hydrogen-bond acceptors (Lipinski definition) is 3. The van der Waals surface area contributed by atoms with E-state index in [0.29, 0.717) is 33.1 Å². The van der Waals surface area contributed by atoms with Crippen LogP contribution in [0.2, 0.25) is 5.02 Å². The summed E-state index contributed by atoms with van der Waals surface area (Å²) in [6.07, 6.45) is 0. The van der Waals surface area contributed by atoms with Gasteiger partial charge in [-0.05, 0) is 37.3 Å². The number of nitrogens with zero attached hydrogens (tertiary/aromatic N) is 2. The van der Waals surface area contributed by atoms with Crippen molar-refractivity contribution in [1.29, 1.82) is 0 Å². The molecule has 0 fully saturated rings. The maximum atomic E-state index is 12.7. The van der Waals surface area contributed by atoms with Crippen LogP contribution >= 0.6 is 11.6 Å². The molecule has 0 aliphatic rings. The molecule has 0 amide bonds. The molecule has 0 aliphatic carbocycles. The number of aromatic nitrogens is 2. The Hall–Kier alpha value is -2.33. The Morgan fingerprint density at radius 3 is 2.70 bits per heavy atom. The molecule has 5 heteroatoms. The number of para-hydroxylation sites is 1. The molecule has 1 heterocycles. The van der Waals surface area contributed by atoms with E-state index in [1.54, 1.807) is 37.3 Å². The van der Waals surface area contributed by atoms with Gasteiger partial charge in [-0.15, -0.1) is 0 Å². The second-order valence-corrected chi connectivity index (χ2v) is 4.93. The number of anilines is 1. The van der Waals surface area contributed by atoms with Crippen molar-refractivity contribution in [2.75, 3.05) is 5.73 Å². The van der Waals surface area contributed by atoms with Crippen LogP contribution in [0, 0.1) is 6.92 Å². The van der Waals surface area contributed by atoms with Gasteiger partial charge in [0.05, 0.1) is 21.6 Å². The van der Waals surface area contributed by atoms with Gasteiger partial charge in [0, 0.05) is 5.69 Å². The van der Waals surface area contributed by atoms with Crippen LogP contribution in [0.5, 0.6) is 0 Å². The van der Waals surface area contributed by atoms with Crippen molar-refractivity contribution in [3.63, 3.8) is 0 Å². The van der Waals surface area contributed by atoms with E-state index in [0.717, 1.165) is 0 Å². The molecular weight excluding hydrogens is 274 g/mol. The van der Waals surface area contributed by atoms with Gasteiger partial charge in [-0.25, -0.2) is 4.98 Å². The number of aryl methyl sites for hydroxylation is 1. The lowest BCUT2D eigenvalue weighted by atomic mass is 10.2. The van der Waals surface area contributed by atoms with Crippen molar-refractivity contribution in [2.24, 2.45) is 0 Å². The molecule has 20 heavy (non-hydrogen) atoms. The molecule has 1 aromatic heterocycles. The fourth-order valence-corrected chi connectivity index (χ4v) is 2.45. The SMILES string of the molecule is Cc1nc2ccc(N)cc2c(=O)n1-c1ccccc1Cl. The Morgan fingerprint density at radius 2 is 1.95 bits per heavy atom. The number of halogens is 1. The highest BCUT2D eigenvalue weighted by atomic mass is 35.5. The van der Waals surface area contributed by atoms with E-state index in [1.165, 1.54) is 4.57 Å². The van der Waals surface area contributed by atoms with E-state index >= 15 is 0 Å². The minimum absolute atomic E-state index is 0.173. The zero-order valence-electron chi connectivity index (χ0n) is 10.8. The molecule has 0 saturated heterocycles. The summed E-state index contributed by atoms with van der Waals surface area (Å²) in [7, 11) is 0. The quantitative estimate of drug-likeness (QED) is 0.699. The topological polar surface area (TPSA) is 60.9 Å². The molecule has 4 nitrogen and oxygen atoms in total. The van der Waals surface area contributed by atoms with Crippen molar-refractivity contribution in [2.45, 2.75) is 6.92 Å². The van der Waals surface area contributed by atoms with E-state index in [1.807, 2.05) is 12.1 Å². The summed E-state index contributed by atoms with van der Waals surface area (Å²) < 4.78 is 1.50. The van der Waals surface area contributed by atoms with Crippen LogP contribution < -0.4 is 11.3 Å². The fourth-order valence-electron chi connectivity index (χ4n) is 2.23. The molecule has 0 radical (unpaired) electrons. The highest BCUT2D eigenvalue weighted by Crippen LogP contribution is 2.21. The third kappa shape index (κ3) is 1.94. The van der Waals surface area contributed by atoms with Crippen molar-refractivity contribution < 1.29 is 0 Å². The molecule has 2 aromatic carbocycles. The van der Waals surface area contributed by atoms with Gasteiger partial charge in [0.15, 0.2) is 0 Å². The van der Waals surface area contributed by atoms with Gasteiger partial charge < -0.3 is 5.73 Å². The largest absolute Gasteiger partial charge is 0.399 e. The monoisotopic (exact) mass is 285 g/mol. The molecule has 0 aliphatic heterocycles. The first-order valence-electron chi connectivity index (χ1n) is 6.12. The Bertz CT molecular complexity index is 871. The Labute approximate surface area is 120 Å². The van der Waals surface area contributed by atoms with Crippen molar-refractivity contribution in [1.82, 2.24) is 9.55 Å². The first kappa shape index (κ1) is 12.7. The Balaban J connectivity index is 2.43. The van der Waals surface area contributed by atoms with Crippen LogP contribution in [-0.4, -0.2) is 9.55 Å². The summed E-state index contributed by atoms with van der Waals surface area (Å²) in [5.74, 6) is 0.584. The molecule has 0 spiro atoms. The molecular formula is C15H12ClN3O. The van der Waals surface area contributed by atoms with Crippen molar-refractivity contribution >= 4 is 28.2 Å². The first-order chi connectivity index (χ1) is 9.58. The van der Waals surface area contributed by atoms with Gasteiger partial charge in [-0.1, -0.05) is 23.7 Å². The lowest BCUT2D eigenvalue weighted by Gasteiger charge is -2.12. The van der Waals surface area contributed by atoms with Crippen molar-refractivity contribution in [3.05, 3.63) is 63.7 Å². The summed E-state index contributed by atoms with van der Waals surface area (Å²) in [6.45, 7) is 1.78. The zero-order chi connectivity index (χ0) is 14.3. The molecule has 0 atom stereocenters. The minimum Gasteiger partial charge on any atom is -0.399 e. The van der Waals surface area contributed by atoms with Gasteiger partial charge in [0.2, 0.25) is 0 Å². The summed E-state index contributed by atoms with van der Waals surface area (Å²) in [5.41, 5.74) is 7.36. The molecule has 3 aromatic rings. The molecule has 100 valence electrons. The Morgan fingerprint density at radius 1 is 1.20 bits per heavy atom. The van der Waals surface area contributed by atoms with Gasteiger partial charge in [-0.2, -0.15) is 0 Å². The predicted molar refractivity (Wildman–Crippen MR) is 81.5 cm³/mol. The second kappa shape index (κ2) is 4.65. The standard InChI is InChI=1S/C15H12ClN3O/c1-9-18-13-7-6-10(17)8-11(13)15(20)19(9)14-5-3-2-4-12(14)16/h2-8H,17H2,1H3. The van der Waals surface area contributed by atoms with Gasteiger partial charge in [-0.3, -0.25) is 9.36 Å². The fraction of sp³-hybridized carbons (Fsp3) is 0.0667. The van der Waals surface area contributed by atoms with Crippen LogP contribution in [0.4, 0.5) is 5.69 Å². The number of rotatable bonds is 1.